The van der Waals surface area contributed by atoms with Crippen LogP contribution in [0.5, 0.6) is 0 Å². The number of hydrogen-bond donors (Lipinski definition) is 0. The maximum atomic E-state index is 4.43. The topological polar surface area (TPSA) is 17.8 Å². The van der Waals surface area contributed by atoms with Gasteiger partial charge in [0.25, 0.3) is 0 Å². The van der Waals surface area contributed by atoms with Crippen molar-refractivity contribution >= 4 is 10.9 Å². The fraction of sp³-hybridized carbons (Fsp3) is 0.364. The Hall–Kier alpha value is -1.31. The lowest BCUT2D eigenvalue weighted by atomic mass is 10.1. The summed E-state index contributed by atoms with van der Waals surface area (Å²) in [5, 5.41) is 5.70. The van der Waals surface area contributed by atoms with Crippen LogP contribution in [-0.4, -0.2) is 9.78 Å². The first-order chi connectivity index (χ1) is 6.09. The van der Waals surface area contributed by atoms with E-state index >= 15 is 0 Å². The van der Waals surface area contributed by atoms with E-state index < -0.39 is 0 Å². The van der Waals surface area contributed by atoms with Gasteiger partial charge in [-0.1, -0.05) is 0 Å². The van der Waals surface area contributed by atoms with Crippen LogP contribution in [0, 0.1) is 20.8 Å². The van der Waals surface area contributed by atoms with Gasteiger partial charge in [0.15, 0.2) is 0 Å². The molecule has 0 radical (unpaired) electrons. The maximum absolute atomic E-state index is 4.43. The minimum atomic E-state index is 1.10. The molecule has 0 spiro atoms. The van der Waals surface area contributed by atoms with E-state index in [1.807, 2.05) is 11.7 Å². The van der Waals surface area contributed by atoms with Gasteiger partial charge in [-0.05, 0) is 44.0 Å². The van der Waals surface area contributed by atoms with Gasteiger partial charge < -0.3 is 0 Å². The normalized spacial score (nSPS) is 11.1. The number of fused-ring (bicyclic) bond motifs is 1. The maximum Gasteiger partial charge on any atom is 0.0928 e. The first-order valence-corrected chi connectivity index (χ1v) is 4.50. The highest BCUT2D eigenvalue weighted by Crippen LogP contribution is 2.20. The number of rotatable bonds is 0. The van der Waals surface area contributed by atoms with Gasteiger partial charge in [-0.2, -0.15) is 5.10 Å². The Balaban J connectivity index is 2.89. The summed E-state index contributed by atoms with van der Waals surface area (Å²) in [4.78, 5) is 0. The molecule has 1 heterocycles. The Kier molecular flexibility index (Phi) is 1.65. The summed E-state index contributed by atoms with van der Waals surface area (Å²) < 4.78 is 1.93. The molecule has 2 aromatic rings. The number of aryl methyl sites for hydroxylation is 4. The largest absolute Gasteiger partial charge is 0.272 e. The molecule has 0 saturated heterocycles. The van der Waals surface area contributed by atoms with Gasteiger partial charge in [0, 0.05) is 18.1 Å². The van der Waals surface area contributed by atoms with Crippen molar-refractivity contribution in [1.29, 1.82) is 0 Å². The molecule has 1 aromatic heterocycles. The average Bonchev–Trinajstić information content (AvgIpc) is 2.32. The second-order valence-electron chi connectivity index (χ2n) is 3.66. The Morgan fingerprint density at radius 1 is 1.08 bits per heavy atom. The van der Waals surface area contributed by atoms with Crippen LogP contribution in [-0.2, 0) is 7.05 Å². The van der Waals surface area contributed by atoms with Crippen molar-refractivity contribution in [2.24, 2.45) is 7.05 Å². The van der Waals surface area contributed by atoms with Crippen LogP contribution in [0.3, 0.4) is 0 Å². The molecule has 0 N–H and O–H groups in total. The van der Waals surface area contributed by atoms with Crippen LogP contribution in [0.4, 0.5) is 0 Å². The Labute approximate surface area is 78.2 Å². The van der Waals surface area contributed by atoms with Crippen molar-refractivity contribution in [3.63, 3.8) is 0 Å². The van der Waals surface area contributed by atoms with Crippen molar-refractivity contribution in [2.75, 3.05) is 0 Å². The third-order valence-corrected chi connectivity index (χ3v) is 2.74. The summed E-state index contributed by atoms with van der Waals surface area (Å²) in [5.41, 5.74) is 4.98. The van der Waals surface area contributed by atoms with E-state index in [2.05, 4.69) is 38.0 Å². The van der Waals surface area contributed by atoms with Crippen molar-refractivity contribution < 1.29 is 0 Å². The standard InChI is InChI=1S/C11H14N2/c1-7-5-10-9(3)13(4)12-11(10)6-8(7)2/h5-6H,1-4H3. The summed E-state index contributed by atoms with van der Waals surface area (Å²) in [7, 11) is 1.99. The lowest BCUT2D eigenvalue weighted by Crippen LogP contribution is -1.91. The molecule has 13 heavy (non-hydrogen) atoms. The zero-order valence-corrected chi connectivity index (χ0v) is 8.55. The SMILES string of the molecule is Cc1cc2nn(C)c(C)c2cc1C. The summed E-state index contributed by atoms with van der Waals surface area (Å²) in [6, 6.07) is 4.37. The van der Waals surface area contributed by atoms with Crippen LogP contribution >= 0.6 is 0 Å². The van der Waals surface area contributed by atoms with Crippen molar-refractivity contribution in [3.8, 4) is 0 Å². The number of nitrogens with zero attached hydrogens (tertiary/aromatic N) is 2. The molecule has 68 valence electrons. The molecule has 0 aliphatic heterocycles. The van der Waals surface area contributed by atoms with Gasteiger partial charge >= 0.3 is 0 Å². The summed E-state index contributed by atoms with van der Waals surface area (Å²) in [5.74, 6) is 0. The Morgan fingerprint density at radius 2 is 1.69 bits per heavy atom. The van der Waals surface area contributed by atoms with Crippen molar-refractivity contribution in [3.05, 3.63) is 29.0 Å². The molecule has 1 aromatic carbocycles. The number of hydrogen-bond acceptors (Lipinski definition) is 1. The van der Waals surface area contributed by atoms with Gasteiger partial charge in [0.2, 0.25) is 0 Å². The van der Waals surface area contributed by atoms with E-state index in [0.717, 1.165) is 5.52 Å². The number of aromatic nitrogens is 2. The van der Waals surface area contributed by atoms with Crippen LogP contribution in [0.1, 0.15) is 16.8 Å². The van der Waals surface area contributed by atoms with Gasteiger partial charge in [-0.3, -0.25) is 4.68 Å². The Morgan fingerprint density at radius 3 is 2.38 bits per heavy atom. The predicted octanol–water partition coefficient (Wildman–Crippen LogP) is 2.50. The second-order valence-corrected chi connectivity index (χ2v) is 3.66. The molecular formula is C11H14N2. The highest BCUT2D eigenvalue weighted by molar-refractivity contribution is 5.82. The smallest absolute Gasteiger partial charge is 0.0928 e. The monoisotopic (exact) mass is 174 g/mol. The van der Waals surface area contributed by atoms with Gasteiger partial charge in [0.05, 0.1) is 5.52 Å². The van der Waals surface area contributed by atoms with Gasteiger partial charge in [0.1, 0.15) is 0 Å². The molecule has 2 nitrogen and oxygen atoms in total. The Bertz CT molecular complexity index is 466. The first kappa shape index (κ1) is 8.30. The fourth-order valence-corrected chi connectivity index (χ4v) is 1.58. The van der Waals surface area contributed by atoms with E-state index in [1.165, 1.54) is 22.2 Å². The van der Waals surface area contributed by atoms with E-state index in [-0.39, 0.29) is 0 Å². The molecule has 0 saturated carbocycles. The first-order valence-electron chi connectivity index (χ1n) is 4.50. The average molecular weight is 174 g/mol. The van der Waals surface area contributed by atoms with Crippen molar-refractivity contribution in [1.82, 2.24) is 9.78 Å². The van der Waals surface area contributed by atoms with Crippen molar-refractivity contribution in [2.45, 2.75) is 20.8 Å². The third-order valence-electron chi connectivity index (χ3n) is 2.74. The number of benzene rings is 1. The molecule has 0 aliphatic carbocycles. The molecule has 0 fully saturated rings. The molecular weight excluding hydrogens is 160 g/mol. The minimum absolute atomic E-state index is 1.10. The summed E-state index contributed by atoms with van der Waals surface area (Å²) >= 11 is 0. The zero-order valence-electron chi connectivity index (χ0n) is 8.55. The highest BCUT2D eigenvalue weighted by atomic mass is 15.3. The van der Waals surface area contributed by atoms with Gasteiger partial charge in [-0.15, -0.1) is 0 Å². The molecule has 2 heteroatoms. The minimum Gasteiger partial charge on any atom is -0.272 e. The molecule has 0 amide bonds. The zero-order chi connectivity index (χ0) is 9.59. The van der Waals surface area contributed by atoms with Crippen LogP contribution < -0.4 is 0 Å². The van der Waals surface area contributed by atoms with E-state index in [1.54, 1.807) is 0 Å². The van der Waals surface area contributed by atoms with Crippen LogP contribution in [0.15, 0.2) is 12.1 Å². The van der Waals surface area contributed by atoms with E-state index in [4.69, 9.17) is 0 Å². The molecule has 0 bridgehead atoms. The van der Waals surface area contributed by atoms with Crippen LogP contribution in [0.2, 0.25) is 0 Å². The molecule has 0 atom stereocenters. The summed E-state index contributed by atoms with van der Waals surface area (Å²) in [6.45, 7) is 6.37. The molecule has 0 unspecified atom stereocenters. The summed E-state index contributed by atoms with van der Waals surface area (Å²) in [6.07, 6.45) is 0. The van der Waals surface area contributed by atoms with E-state index in [0.29, 0.717) is 0 Å². The van der Waals surface area contributed by atoms with Gasteiger partial charge in [-0.25, -0.2) is 0 Å². The van der Waals surface area contributed by atoms with Crippen LogP contribution in [0.25, 0.3) is 10.9 Å². The fourth-order valence-electron chi connectivity index (χ4n) is 1.58. The molecule has 2 rings (SSSR count). The lowest BCUT2D eigenvalue weighted by molar-refractivity contribution is 0.751. The predicted molar refractivity (Wildman–Crippen MR) is 54.9 cm³/mol. The lowest BCUT2D eigenvalue weighted by Gasteiger charge is -1.98. The quantitative estimate of drug-likeness (QED) is 0.600. The second kappa shape index (κ2) is 2.59. The highest BCUT2D eigenvalue weighted by Gasteiger charge is 2.05. The molecule has 0 aliphatic rings. The van der Waals surface area contributed by atoms with E-state index in [9.17, 15) is 0 Å². The third kappa shape index (κ3) is 1.13.